The average Bonchev–Trinajstić information content (AvgIpc) is 3.34. The number of carbonyl (C=O) groups excluding carboxylic acids is 2. The zero-order valence-corrected chi connectivity index (χ0v) is 23.5. The highest BCUT2D eigenvalue weighted by molar-refractivity contribution is 5.86. The van der Waals surface area contributed by atoms with Gasteiger partial charge in [0.25, 0.3) is 0 Å². The second kappa shape index (κ2) is 18.1. The predicted octanol–water partition coefficient (Wildman–Crippen LogP) is 5.83. The average molecular weight is 580 g/mol. The third-order valence-electron chi connectivity index (χ3n) is 6.55. The first kappa shape index (κ1) is 33.8. The van der Waals surface area contributed by atoms with Crippen LogP contribution in [0.3, 0.4) is 0 Å². The number of aryl methyl sites for hydroxylation is 1. The van der Waals surface area contributed by atoms with Crippen molar-refractivity contribution >= 4 is 23.7 Å². The number of amides is 2. The quantitative estimate of drug-likeness (QED) is 0.105. The maximum Gasteiger partial charge on any atom is 0.207 e. The van der Waals surface area contributed by atoms with E-state index in [0.29, 0.717) is 38.1 Å². The molecule has 0 aliphatic heterocycles. The third-order valence-corrected chi connectivity index (χ3v) is 6.55. The molecule has 0 aliphatic rings. The number of phenols is 1. The Morgan fingerprint density at radius 2 is 1.60 bits per heavy atom. The smallest absolute Gasteiger partial charge is 0.207 e. The molecular weight excluding hydrogens is 537 g/mol. The van der Waals surface area contributed by atoms with Gasteiger partial charge in [-0.1, -0.05) is 31.7 Å². The molecule has 4 rings (SSSR count). The minimum Gasteiger partial charge on any atom is -0.508 e. The van der Waals surface area contributed by atoms with Crippen LogP contribution in [0.4, 0.5) is 4.39 Å². The molecule has 0 spiro atoms. The van der Waals surface area contributed by atoms with Crippen LogP contribution >= 0.6 is 0 Å². The van der Waals surface area contributed by atoms with E-state index in [1.807, 2.05) is 25.1 Å². The molecule has 4 N–H and O–H groups in total. The van der Waals surface area contributed by atoms with Gasteiger partial charge in [-0.2, -0.15) is 0 Å². The van der Waals surface area contributed by atoms with Crippen molar-refractivity contribution in [2.45, 2.75) is 46.1 Å². The number of hydrogen-bond donors (Lipinski definition) is 4. The number of H-pyrrole nitrogens is 1. The second-order valence-corrected chi connectivity index (χ2v) is 9.37. The Labute approximate surface area is 247 Å². The largest absolute Gasteiger partial charge is 0.508 e. The van der Waals surface area contributed by atoms with Crippen LogP contribution in [0, 0.1) is 5.82 Å². The molecule has 0 radical (unpaired) electrons. The lowest BCUT2D eigenvalue weighted by Crippen LogP contribution is -2.17. The highest BCUT2D eigenvalue weighted by Crippen LogP contribution is 2.35. The van der Waals surface area contributed by atoms with E-state index in [4.69, 9.17) is 4.74 Å². The monoisotopic (exact) mass is 579 g/mol. The molecule has 0 saturated carbocycles. The summed E-state index contributed by atoms with van der Waals surface area (Å²) in [7, 11) is 1.68. The molecule has 1 aromatic heterocycles. The van der Waals surface area contributed by atoms with Crippen molar-refractivity contribution in [3.05, 3.63) is 94.9 Å². The van der Waals surface area contributed by atoms with Gasteiger partial charge in [-0.3, -0.25) is 9.59 Å². The number of nitrogens with one attached hydrogen (secondary N) is 3. The van der Waals surface area contributed by atoms with Crippen LogP contribution in [0.1, 0.15) is 55.7 Å². The number of aromatic amines is 1. The zero-order valence-electron chi connectivity index (χ0n) is 23.5. The number of benzene rings is 3. The van der Waals surface area contributed by atoms with Crippen molar-refractivity contribution in [3.63, 3.8) is 0 Å². The highest BCUT2D eigenvalue weighted by Gasteiger charge is 2.24. The molecule has 226 valence electrons. The number of halogens is 1. The summed E-state index contributed by atoms with van der Waals surface area (Å²) in [4.78, 5) is 24.7. The van der Waals surface area contributed by atoms with E-state index in [1.165, 1.54) is 17.7 Å². The maximum absolute atomic E-state index is 13.6. The first-order valence-corrected chi connectivity index (χ1v) is 13.7. The number of phenolic OH excluding ortho intramolecular Hbond substituents is 1. The second-order valence-electron chi connectivity index (χ2n) is 9.37. The Balaban J connectivity index is 0.00000116. The van der Waals surface area contributed by atoms with Gasteiger partial charge in [-0.15, -0.1) is 0 Å². The van der Waals surface area contributed by atoms with E-state index in [2.05, 4.69) is 32.5 Å². The summed E-state index contributed by atoms with van der Waals surface area (Å²) in [5, 5.41) is 16.4. The van der Waals surface area contributed by atoms with Gasteiger partial charge in [0.2, 0.25) is 12.8 Å². The molecule has 1 unspecified atom stereocenters. The summed E-state index contributed by atoms with van der Waals surface area (Å²) in [6, 6.07) is 19.2. The summed E-state index contributed by atoms with van der Waals surface area (Å²) < 4.78 is 24.5. The minimum absolute atomic E-state index is 0. The van der Waals surface area contributed by atoms with Gasteiger partial charge in [0, 0.05) is 37.7 Å². The fraction of sp³-hybridized carbons (Fsp3) is 0.333. The zero-order chi connectivity index (χ0) is 29.5. The number of aromatic nitrogens is 1. The van der Waals surface area contributed by atoms with Gasteiger partial charge in [-0.25, -0.2) is 4.39 Å². The predicted molar refractivity (Wildman–Crippen MR) is 164 cm³/mol. The SMILES string of the molecule is C.CCOC.O=CNCCCCc1ccc(C(Oc2ccc(F)cc2)c2[nH]c3ccc(O)cc3c2CCNC=O)cc1. The van der Waals surface area contributed by atoms with Crippen LogP contribution in [0.2, 0.25) is 0 Å². The third kappa shape index (κ3) is 9.92. The number of fused-ring (bicyclic) bond motifs is 1. The van der Waals surface area contributed by atoms with E-state index < -0.39 is 6.10 Å². The van der Waals surface area contributed by atoms with Gasteiger partial charge in [0.05, 0.1) is 5.69 Å². The van der Waals surface area contributed by atoms with Crippen molar-refractivity contribution < 1.29 is 28.6 Å². The van der Waals surface area contributed by atoms with Crippen molar-refractivity contribution in [2.75, 3.05) is 26.8 Å². The Hall–Kier alpha value is -4.37. The number of hydrogen-bond acceptors (Lipinski definition) is 5. The molecule has 9 heteroatoms. The molecule has 0 fully saturated rings. The standard InChI is InChI=1S/C29H30FN3O4.C3H8O.CH4/c30-22-8-11-24(12-9-22)37-29(21-6-4-20(5-7-21)3-1-2-15-31-18-34)28-25(14-16-32-19-35)26-17-23(36)10-13-27(26)33-28;1-3-4-2;/h4-13,17-19,29,33,36H,1-3,14-16H2,(H,31,34)(H,32,35);3H2,1-2H3;1H4. The van der Waals surface area contributed by atoms with Gasteiger partial charge in [0.1, 0.15) is 17.3 Å². The van der Waals surface area contributed by atoms with E-state index in [0.717, 1.165) is 53.6 Å². The number of aromatic hydroxyl groups is 1. The summed E-state index contributed by atoms with van der Waals surface area (Å²) in [6.45, 7) is 3.85. The molecule has 1 atom stereocenters. The Kier molecular flexibility index (Phi) is 14.6. The van der Waals surface area contributed by atoms with Gasteiger partial charge >= 0.3 is 0 Å². The normalized spacial score (nSPS) is 11.0. The fourth-order valence-electron chi connectivity index (χ4n) is 4.42. The first-order chi connectivity index (χ1) is 20.0. The molecule has 0 aliphatic carbocycles. The van der Waals surface area contributed by atoms with Crippen LogP contribution < -0.4 is 15.4 Å². The minimum atomic E-state index is -0.544. The highest BCUT2D eigenvalue weighted by atomic mass is 19.1. The van der Waals surface area contributed by atoms with Crippen LogP contribution in [0.25, 0.3) is 10.9 Å². The summed E-state index contributed by atoms with van der Waals surface area (Å²) in [5.74, 6) is 0.307. The van der Waals surface area contributed by atoms with E-state index in [1.54, 1.807) is 31.4 Å². The number of unbranched alkanes of at least 4 members (excludes halogenated alkanes) is 1. The molecule has 2 amide bonds. The van der Waals surface area contributed by atoms with Crippen molar-refractivity contribution in [2.24, 2.45) is 0 Å². The van der Waals surface area contributed by atoms with E-state index in [9.17, 15) is 19.1 Å². The lowest BCUT2D eigenvalue weighted by atomic mass is 9.97. The van der Waals surface area contributed by atoms with E-state index >= 15 is 0 Å². The number of carbonyl (C=O) groups is 2. The molecule has 0 saturated heterocycles. The van der Waals surface area contributed by atoms with Crippen LogP contribution in [0.15, 0.2) is 66.7 Å². The van der Waals surface area contributed by atoms with Gasteiger partial charge in [0.15, 0.2) is 6.10 Å². The molecule has 3 aromatic carbocycles. The topological polar surface area (TPSA) is 113 Å². The fourth-order valence-corrected chi connectivity index (χ4v) is 4.42. The first-order valence-electron chi connectivity index (χ1n) is 13.7. The molecular formula is C33H42FN3O5. The van der Waals surface area contributed by atoms with Crippen LogP contribution in [-0.2, 0) is 27.2 Å². The van der Waals surface area contributed by atoms with Gasteiger partial charge < -0.3 is 30.2 Å². The summed E-state index contributed by atoms with van der Waals surface area (Å²) in [6.07, 6.45) is 4.09. The lowest BCUT2D eigenvalue weighted by molar-refractivity contribution is -0.110. The maximum atomic E-state index is 13.6. The summed E-state index contributed by atoms with van der Waals surface area (Å²) in [5.41, 5.74) is 4.62. The number of rotatable bonds is 15. The van der Waals surface area contributed by atoms with Crippen LogP contribution in [0.5, 0.6) is 11.5 Å². The Morgan fingerprint density at radius 1 is 0.929 bits per heavy atom. The molecule has 1 heterocycles. The lowest BCUT2D eigenvalue weighted by Gasteiger charge is -2.21. The van der Waals surface area contributed by atoms with Crippen molar-refractivity contribution in [1.82, 2.24) is 15.6 Å². The molecule has 42 heavy (non-hydrogen) atoms. The Morgan fingerprint density at radius 3 is 2.24 bits per heavy atom. The summed E-state index contributed by atoms with van der Waals surface area (Å²) >= 11 is 0. The van der Waals surface area contributed by atoms with E-state index in [-0.39, 0.29) is 19.0 Å². The number of ether oxygens (including phenoxy) is 2. The Bertz CT molecular complexity index is 1350. The molecule has 0 bridgehead atoms. The number of methoxy groups -OCH3 is 1. The molecule has 8 nitrogen and oxygen atoms in total. The molecule has 4 aromatic rings. The van der Waals surface area contributed by atoms with Gasteiger partial charge in [-0.05, 0) is 91.8 Å². The van der Waals surface area contributed by atoms with Crippen molar-refractivity contribution in [1.29, 1.82) is 0 Å². The van der Waals surface area contributed by atoms with Crippen molar-refractivity contribution in [3.8, 4) is 11.5 Å². The van der Waals surface area contributed by atoms with Crippen LogP contribution in [-0.4, -0.2) is 49.7 Å².